The summed E-state index contributed by atoms with van der Waals surface area (Å²) in [6, 6.07) is -1.45. The summed E-state index contributed by atoms with van der Waals surface area (Å²) < 4.78 is 25.0. The fraction of sp³-hybridized carbons (Fsp3) is 0.500. The van der Waals surface area contributed by atoms with E-state index in [1.54, 1.807) is 0 Å². The summed E-state index contributed by atoms with van der Waals surface area (Å²) in [5.41, 5.74) is 4.65. The van der Waals surface area contributed by atoms with Crippen molar-refractivity contribution >= 4 is 5.97 Å². The van der Waals surface area contributed by atoms with Crippen LogP contribution in [0.1, 0.15) is 6.42 Å². The van der Waals surface area contributed by atoms with E-state index in [-0.39, 0.29) is 5.57 Å². The minimum absolute atomic E-state index is 0.303. The third-order valence-electron chi connectivity index (χ3n) is 1.57. The van der Waals surface area contributed by atoms with Gasteiger partial charge in [0.05, 0.1) is 6.04 Å². The quantitative estimate of drug-likeness (QED) is 0.586. The number of nitrogens with two attached hydrogens (primary N) is 1. The third kappa shape index (κ3) is 1.37. The number of alkyl halides is 2. The first kappa shape index (κ1) is 8.13. The Labute approximate surface area is 61.5 Å². The van der Waals surface area contributed by atoms with Crippen LogP contribution in [0, 0.1) is 0 Å². The van der Waals surface area contributed by atoms with Crippen LogP contribution >= 0.6 is 0 Å². The van der Waals surface area contributed by atoms with E-state index in [2.05, 4.69) is 0 Å². The molecule has 0 aromatic carbocycles. The molecule has 0 heterocycles. The fourth-order valence-corrected chi connectivity index (χ4v) is 0.916. The molecule has 0 aromatic rings. The van der Waals surface area contributed by atoms with Crippen molar-refractivity contribution in [2.75, 3.05) is 0 Å². The highest BCUT2D eigenvalue weighted by atomic mass is 19.3. The summed E-state index contributed by atoms with van der Waals surface area (Å²) in [6.45, 7) is 0. The molecule has 0 spiro atoms. The average molecular weight is 163 g/mol. The van der Waals surface area contributed by atoms with E-state index >= 15 is 0 Å². The average Bonchev–Trinajstić information content (AvgIpc) is 2.08. The Morgan fingerprint density at radius 2 is 2.36 bits per heavy atom. The van der Waals surface area contributed by atoms with E-state index < -0.39 is 24.4 Å². The van der Waals surface area contributed by atoms with Crippen molar-refractivity contribution < 1.29 is 18.7 Å². The maximum absolute atomic E-state index is 12.5. The second kappa shape index (κ2) is 2.27. The number of carboxylic acids is 1. The molecule has 1 rings (SSSR count). The Hall–Kier alpha value is -0.970. The topological polar surface area (TPSA) is 63.3 Å². The number of carbonyl (C=O) groups is 1. The molecule has 1 atom stereocenters. The zero-order valence-corrected chi connectivity index (χ0v) is 5.55. The maximum atomic E-state index is 12.5. The highest BCUT2D eigenvalue weighted by Crippen LogP contribution is 2.33. The number of hydrogen-bond acceptors (Lipinski definition) is 2. The summed E-state index contributed by atoms with van der Waals surface area (Å²) >= 11 is 0. The normalized spacial score (nSPS) is 28.3. The molecular formula is C6H7F2NO2. The molecule has 5 heteroatoms. The van der Waals surface area contributed by atoms with Gasteiger partial charge < -0.3 is 10.8 Å². The first-order valence-corrected chi connectivity index (χ1v) is 3.01. The highest BCUT2D eigenvalue weighted by Gasteiger charge is 2.43. The lowest BCUT2D eigenvalue weighted by Gasteiger charge is -2.12. The number of rotatable bonds is 1. The lowest BCUT2D eigenvalue weighted by atomic mass is 10.2. The van der Waals surface area contributed by atoms with Gasteiger partial charge in [-0.15, -0.1) is 0 Å². The van der Waals surface area contributed by atoms with Gasteiger partial charge in [0.2, 0.25) is 0 Å². The molecule has 62 valence electrons. The molecule has 1 aliphatic rings. The SMILES string of the molecule is N[C@H]1C=C(C(=O)O)CC1(F)F. The van der Waals surface area contributed by atoms with E-state index in [1.807, 2.05) is 0 Å². The Morgan fingerprint density at radius 1 is 1.82 bits per heavy atom. The molecule has 3 N–H and O–H groups in total. The lowest BCUT2D eigenvalue weighted by molar-refractivity contribution is -0.133. The minimum Gasteiger partial charge on any atom is -0.478 e. The van der Waals surface area contributed by atoms with Crippen molar-refractivity contribution in [1.29, 1.82) is 0 Å². The van der Waals surface area contributed by atoms with Gasteiger partial charge in [0.1, 0.15) is 0 Å². The summed E-state index contributed by atoms with van der Waals surface area (Å²) in [7, 11) is 0. The summed E-state index contributed by atoms with van der Waals surface area (Å²) in [6.07, 6.45) is 0.131. The molecule has 0 amide bonds. The molecule has 0 saturated carbocycles. The van der Waals surface area contributed by atoms with Crippen molar-refractivity contribution in [3.8, 4) is 0 Å². The second-order valence-corrected chi connectivity index (χ2v) is 2.46. The molecule has 0 radical (unpaired) electrons. The highest BCUT2D eigenvalue weighted by molar-refractivity contribution is 5.87. The Balaban J connectivity index is 2.79. The number of halogens is 2. The van der Waals surface area contributed by atoms with E-state index in [4.69, 9.17) is 10.8 Å². The van der Waals surface area contributed by atoms with Crippen LogP contribution in [0.3, 0.4) is 0 Å². The fourth-order valence-electron chi connectivity index (χ4n) is 0.916. The summed E-state index contributed by atoms with van der Waals surface area (Å²) in [4.78, 5) is 10.2. The predicted molar refractivity (Wildman–Crippen MR) is 33.3 cm³/mol. The van der Waals surface area contributed by atoms with Gasteiger partial charge in [0.25, 0.3) is 5.92 Å². The van der Waals surface area contributed by atoms with Crippen LogP contribution in [-0.2, 0) is 4.79 Å². The van der Waals surface area contributed by atoms with Gasteiger partial charge in [0, 0.05) is 12.0 Å². The molecule has 0 saturated heterocycles. The largest absolute Gasteiger partial charge is 0.478 e. The van der Waals surface area contributed by atoms with Crippen molar-refractivity contribution in [2.45, 2.75) is 18.4 Å². The van der Waals surface area contributed by atoms with Crippen molar-refractivity contribution in [3.05, 3.63) is 11.6 Å². The Kier molecular flexibility index (Phi) is 1.67. The van der Waals surface area contributed by atoms with Crippen molar-refractivity contribution in [1.82, 2.24) is 0 Å². The smallest absolute Gasteiger partial charge is 0.331 e. The number of hydrogen-bond donors (Lipinski definition) is 2. The van der Waals surface area contributed by atoms with Crippen molar-refractivity contribution in [2.24, 2.45) is 5.73 Å². The molecule has 1 aliphatic carbocycles. The Morgan fingerprint density at radius 3 is 2.55 bits per heavy atom. The van der Waals surface area contributed by atoms with Crippen LogP contribution in [-0.4, -0.2) is 23.0 Å². The van der Waals surface area contributed by atoms with E-state index in [9.17, 15) is 13.6 Å². The van der Waals surface area contributed by atoms with Crippen LogP contribution < -0.4 is 5.73 Å². The zero-order valence-electron chi connectivity index (χ0n) is 5.55. The van der Waals surface area contributed by atoms with Crippen LogP contribution in [0.25, 0.3) is 0 Å². The summed E-state index contributed by atoms with van der Waals surface area (Å²) in [5.74, 6) is -4.41. The van der Waals surface area contributed by atoms with Crippen molar-refractivity contribution in [3.63, 3.8) is 0 Å². The second-order valence-electron chi connectivity index (χ2n) is 2.46. The molecule has 11 heavy (non-hydrogen) atoms. The van der Waals surface area contributed by atoms with Crippen LogP contribution in [0.2, 0.25) is 0 Å². The Bertz CT molecular complexity index is 225. The molecule has 0 fully saturated rings. The molecule has 0 bridgehead atoms. The lowest BCUT2D eigenvalue weighted by Crippen LogP contribution is -2.35. The van der Waals surface area contributed by atoms with Crippen LogP contribution in [0.4, 0.5) is 8.78 Å². The number of carboxylic acid groups (broad SMARTS) is 1. The first-order chi connectivity index (χ1) is 4.93. The van der Waals surface area contributed by atoms with Crippen LogP contribution in [0.5, 0.6) is 0 Å². The first-order valence-electron chi connectivity index (χ1n) is 3.01. The molecule has 0 aliphatic heterocycles. The van der Waals surface area contributed by atoms with Crippen LogP contribution in [0.15, 0.2) is 11.6 Å². The van der Waals surface area contributed by atoms with Gasteiger partial charge >= 0.3 is 5.97 Å². The van der Waals surface area contributed by atoms with Gasteiger partial charge in [-0.3, -0.25) is 0 Å². The van der Waals surface area contributed by atoms with E-state index in [0.717, 1.165) is 6.08 Å². The predicted octanol–water partition coefficient (Wildman–Crippen LogP) is 0.364. The zero-order chi connectivity index (χ0) is 8.65. The minimum atomic E-state index is -3.09. The summed E-state index contributed by atoms with van der Waals surface area (Å²) in [5, 5.41) is 8.31. The molecule has 3 nitrogen and oxygen atoms in total. The molecule has 0 aromatic heterocycles. The van der Waals surface area contributed by atoms with Gasteiger partial charge in [-0.25, -0.2) is 13.6 Å². The van der Waals surface area contributed by atoms with Gasteiger partial charge in [0.15, 0.2) is 0 Å². The number of aliphatic carboxylic acids is 1. The molecule has 0 unspecified atom stereocenters. The maximum Gasteiger partial charge on any atom is 0.331 e. The molecular weight excluding hydrogens is 156 g/mol. The monoisotopic (exact) mass is 163 g/mol. The van der Waals surface area contributed by atoms with Gasteiger partial charge in [-0.1, -0.05) is 6.08 Å². The standard InChI is InChI=1S/C6H7F2NO2/c7-6(8)2-3(5(10)11)1-4(6)9/h1,4H,2,9H2,(H,10,11)/t4-/m0/s1. The van der Waals surface area contributed by atoms with E-state index in [0.29, 0.717) is 0 Å². The third-order valence-corrected chi connectivity index (χ3v) is 1.57. The van der Waals surface area contributed by atoms with Gasteiger partial charge in [-0.05, 0) is 0 Å². The van der Waals surface area contributed by atoms with E-state index in [1.165, 1.54) is 0 Å². The van der Waals surface area contributed by atoms with Gasteiger partial charge in [-0.2, -0.15) is 0 Å².